The van der Waals surface area contributed by atoms with E-state index in [9.17, 15) is 4.79 Å². The van der Waals surface area contributed by atoms with Gasteiger partial charge in [0.1, 0.15) is 5.82 Å². The third kappa shape index (κ3) is 3.91. The highest BCUT2D eigenvalue weighted by molar-refractivity contribution is 7.18. The first-order valence-electron chi connectivity index (χ1n) is 9.71. The van der Waals surface area contributed by atoms with Crippen molar-refractivity contribution in [2.45, 2.75) is 0 Å². The van der Waals surface area contributed by atoms with Gasteiger partial charge in [-0.15, -0.1) is 11.3 Å². The number of furan rings is 1. The van der Waals surface area contributed by atoms with Gasteiger partial charge in [-0.3, -0.25) is 0 Å². The van der Waals surface area contributed by atoms with Crippen molar-refractivity contribution in [2.75, 3.05) is 16.4 Å². The Hall–Kier alpha value is -3.81. The second-order valence-electron chi connectivity index (χ2n) is 7.09. The van der Waals surface area contributed by atoms with Crippen molar-refractivity contribution < 1.29 is 9.21 Å². The Bertz CT molecular complexity index is 1410. The summed E-state index contributed by atoms with van der Waals surface area (Å²) >= 11 is 7.57. The number of rotatable bonds is 4. The number of benzene rings is 2. The van der Waals surface area contributed by atoms with Gasteiger partial charge in [-0.2, -0.15) is 0 Å². The number of nitrogens with one attached hydrogen (secondary N) is 2. The number of fused-ring (bicyclic) bond motifs is 1. The Morgan fingerprint density at radius 3 is 2.56 bits per heavy atom. The lowest BCUT2D eigenvalue weighted by molar-refractivity contribution is 0.262. The third-order valence-corrected chi connectivity index (χ3v) is 6.24. The van der Waals surface area contributed by atoms with Crippen molar-refractivity contribution in [1.29, 1.82) is 0 Å². The smallest absolute Gasteiger partial charge is 0.323 e. The topological polar surface area (TPSA) is 93.2 Å². The van der Waals surface area contributed by atoms with Gasteiger partial charge in [0.15, 0.2) is 0 Å². The fourth-order valence-electron chi connectivity index (χ4n) is 3.50. The molecule has 3 aromatic heterocycles. The van der Waals surface area contributed by atoms with Gasteiger partial charge in [0.05, 0.1) is 12.5 Å². The number of nitrogen functional groups attached to an aromatic ring is 1. The number of aromatic nitrogens is 1. The van der Waals surface area contributed by atoms with Gasteiger partial charge < -0.3 is 20.8 Å². The summed E-state index contributed by atoms with van der Waals surface area (Å²) in [4.78, 5) is 16.7. The zero-order valence-electron chi connectivity index (χ0n) is 16.6. The lowest BCUT2D eigenvalue weighted by Crippen LogP contribution is -2.19. The molecule has 0 aliphatic rings. The highest BCUT2D eigenvalue weighted by Crippen LogP contribution is 2.41. The van der Waals surface area contributed by atoms with Crippen molar-refractivity contribution in [3.63, 3.8) is 0 Å². The fourth-order valence-corrected chi connectivity index (χ4v) is 4.81. The van der Waals surface area contributed by atoms with Crippen molar-refractivity contribution in [3.05, 3.63) is 83.7 Å². The van der Waals surface area contributed by atoms with Gasteiger partial charge in [0.25, 0.3) is 0 Å². The summed E-state index contributed by atoms with van der Waals surface area (Å²) in [5, 5.41) is 9.12. The predicted molar refractivity (Wildman–Crippen MR) is 131 cm³/mol. The summed E-state index contributed by atoms with van der Waals surface area (Å²) in [6.45, 7) is 0. The molecule has 0 bridgehead atoms. The molecule has 3 heterocycles. The minimum Gasteiger partial charge on any atom is -0.472 e. The molecule has 0 unspecified atom stereocenters. The first-order valence-corrected chi connectivity index (χ1v) is 11.0. The molecule has 158 valence electrons. The first-order chi connectivity index (χ1) is 15.6. The van der Waals surface area contributed by atoms with Crippen LogP contribution < -0.4 is 16.4 Å². The summed E-state index contributed by atoms with van der Waals surface area (Å²) in [6, 6.07) is 16.1. The van der Waals surface area contributed by atoms with Gasteiger partial charge in [-0.25, -0.2) is 9.78 Å². The molecular weight excluding hydrogens is 444 g/mol. The van der Waals surface area contributed by atoms with E-state index in [0.717, 1.165) is 32.3 Å². The maximum absolute atomic E-state index is 12.3. The van der Waals surface area contributed by atoms with Gasteiger partial charge >= 0.3 is 6.03 Å². The summed E-state index contributed by atoms with van der Waals surface area (Å²) in [6.07, 6.45) is 5.11. The fraction of sp³-hybridized carbons (Fsp3) is 0. The molecule has 0 aliphatic heterocycles. The number of thiophene rings is 1. The molecule has 4 N–H and O–H groups in total. The van der Waals surface area contributed by atoms with E-state index in [1.54, 1.807) is 54.3 Å². The monoisotopic (exact) mass is 460 g/mol. The molecule has 5 aromatic rings. The van der Waals surface area contributed by atoms with Gasteiger partial charge in [0, 0.05) is 49.4 Å². The molecule has 2 amide bonds. The van der Waals surface area contributed by atoms with Crippen LogP contribution in [0.5, 0.6) is 0 Å². The second-order valence-corrected chi connectivity index (χ2v) is 8.41. The summed E-state index contributed by atoms with van der Waals surface area (Å²) in [5.41, 5.74) is 11.4. The minimum atomic E-state index is -0.348. The van der Waals surface area contributed by atoms with E-state index in [0.29, 0.717) is 22.2 Å². The average Bonchev–Trinajstić information content (AvgIpc) is 3.45. The summed E-state index contributed by atoms with van der Waals surface area (Å²) in [5.74, 6) is 0.478. The van der Waals surface area contributed by atoms with E-state index in [1.165, 1.54) is 0 Å². The van der Waals surface area contributed by atoms with Gasteiger partial charge in [-0.05, 0) is 47.3 Å². The van der Waals surface area contributed by atoms with E-state index in [-0.39, 0.29) is 6.03 Å². The zero-order valence-corrected chi connectivity index (χ0v) is 18.2. The Morgan fingerprint density at radius 2 is 1.81 bits per heavy atom. The Morgan fingerprint density at radius 1 is 1.00 bits per heavy atom. The van der Waals surface area contributed by atoms with Crippen LogP contribution in [0.25, 0.3) is 32.3 Å². The Kier molecular flexibility index (Phi) is 5.26. The molecular formula is C24H17ClN4O2S. The lowest BCUT2D eigenvalue weighted by Gasteiger charge is -2.09. The first kappa shape index (κ1) is 20.1. The van der Waals surface area contributed by atoms with Crippen LogP contribution in [0.15, 0.2) is 83.1 Å². The molecule has 0 aliphatic carbocycles. The van der Waals surface area contributed by atoms with Gasteiger partial charge in [-0.1, -0.05) is 29.8 Å². The molecule has 0 radical (unpaired) electrons. The highest BCUT2D eigenvalue weighted by atomic mass is 35.5. The van der Waals surface area contributed by atoms with E-state index in [1.807, 2.05) is 30.3 Å². The second kappa shape index (κ2) is 8.37. The van der Waals surface area contributed by atoms with Crippen molar-refractivity contribution in [2.24, 2.45) is 0 Å². The number of halogens is 1. The molecule has 2 aromatic carbocycles. The molecule has 0 saturated carbocycles. The molecule has 0 atom stereocenters. The number of pyridine rings is 1. The van der Waals surface area contributed by atoms with Crippen LogP contribution in [0.4, 0.5) is 22.0 Å². The number of nitrogens with zero attached hydrogens (tertiary/aromatic N) is 1. The number of carbonyl (C=O) groups excluding carboxylic acids is 1. The molecule has 8 heteroatoms. The van der Waals surface area contributed by atoms with E-state index in [4.69, 9.17) is 21.8 Å². The number of nitrogens with two attached hydrogens (primary N) is 1. The number of amides is 2. The molecule has 0 spiro atoms. The minimum absolute atomic E-state index is 0.348. The zero-order chi connectivity index (χ0) is 22.1. The Balaban J connectivity index is 1.39. The molecule has 5 rings (SSSR count). The average molecular weight is 461 g/mol. The maximum Gasteiger partial charge on any atom is 0.323 e. The maximum atomic E-state index is 12.3. The highest BCUT2D eigenvalue weighted by Gasteiger charge is 2.16. The third-order valence-electron chi connectivity index (χ3n) is 4.99. The number of carbonyl (C=O) groups is 1. The standard InChI is InChI=1S/C24H17ClN4O2S/c25-16-2-1-3-18(10-16)29-24(30)28-17-6-4-14(5-7-17)20-13-32-22-19(15-8-9-31-12-15)11-27-23(26)21(20)22/h1-13H,(H2,26,27)(H2,28,29,30). The SMILES string of the molecule is Nc1ncc(-c2ccoc2)c2scc(-c3ccc(NC(=O)Nc4cccc(Cl)c4)cc3)c12. The van der Waals surface area contributed by atoms with Crippen molar-refractivity contribution in [3.8, 4) is 22.3 Å². The quantitative estimate of drug-likeness (QED) is 0.266. The predicted octanol–water partition coefficient (Wildman–Crippen LogP) is 7.10. The van der Waals surface area contributed by atoms with Crippen LogP contribution >= 0.6 is 22.9 Å². The van der Waals surface area contributed by atoms with Crippen LogP contribution in [-0.2, 0) is 0 Å². The van der Waals surface area contributed by atoms with E-state index in [2.05, 4.69) is 21.0 Å². The van der Waals surface area contributed by atoms with E-state index < -0.39 is 0 Å². The van der Waals surface area contributed by atoms with Crippen LogP contribution in [0.3, 0.4) is 0 Å². The summed E-state index contributed by atoms with van der Waals surface area (Å²) in [7, 11) is 0. The summed E-state index contributed by atoms with van der Waals surface area (Å²) < 4.78 is 6.28. The van der Waals surface area contributed by atoms with Crippen molar-refractivity contribution >= 4 is 56.2 Å². The molecule has 0 saturated heterocycles. The number of hydrogen-bond donors (Lipinski definition) is 3. The number of hydrogen-bond acceptors (Lipinski definition) is 5. The van der Waals surface area contributed by atoms with Crippen LogP contribution in [-0.4, -0.2) is 11.0 Å². The van der Waals surface area contributed by atoms with Crippen LogP contribution in [0.2, 0.25) is 5.02 Å². The normalized spacial score (nSPS) is 10.9. The Labute approximate surface area is 192 Å². The molecule has 0 fully saturated rings. The number of urea groups is 1. The molecule has 32 heavy (non-hydrogen) atoms. The van der Waals surface area contributed by atoms with Crippen molar-refractivity contribution in [1.82, 2.24) is 4.98 Å². The number of anilines is 3. The van der Waals surface area contributed by atoms with Gasteiger partial charge in [0.2, 0.25) is 0 Å². The van der Waals surface area contributed by atoms with E-state index >= 15 is 0 Å². The largest absolute Gasteiger partial charge is 0.472 e. The van der Waals surface area contributed by atoms with Crippen LogP contribution in [0, 0.1) is 0 Å². The molecule has 6 nitrogen and oxygen atoms in total. The van der Waals surface area contributed by atoms with Crippen LogP contribution in [0.1, 0.15) is 0 Å². The lowest BCUT2D eigenvalue weighted by atomic mass is 10.0.